The van der Waals surface area contributed by atoms with Crippen molar-refractivity contribution in [3.05, 3.63) is 29.8 Å². The van der Waals surface area contributed by atoms with Crippen LogP contribution >= 0.6 is 0 Å². The maximum Gasteiger partial charge on any atom is 0.339 e. The first-order chi connectivity index (χ1) is 12.4. The predicted octanol–water partition coefficient (Wildman–Crippen LogP) is 3.54. The van der Waals surface area contributed by atoms with Crippen LogP contribution in [0.15, 0.2) is 24.3 Å². The number of carbonyl (C=O) groups is 1. The molecule has 0 aromatic heterocycles. The van der Waals surface area contributed by atoms with Crippen molar-refractivity contribution in [3.8, 4) is 17.6 Å². The van der Waals surface area contributed by atoms with Gasteiger partial charge in [-0.25, -0.2) is 4.79 Å². The highest BCUT2D eigenvalue weighted by molar-refractivity contribution is 5.71. The van der Waals surface area contributed by atoms with Crippen LogP contribution in [0.2, 0.25) is 0 Å². The molecule has 5 rings (SSSR count). The highest BCUT2D eigenvalue weighted by Crippen LogP contribution is 2.57. The minimum Gasteiger partial charge on any atom is -0.487 e. The summed E-state index contributed by atoms with van der Waals surface area (Å²) in [4.78, 5) is 11.0. The Morgan fingerprint density at radius 2 is 1.88 bits per heavy atom. The van der Waals surface area contributed by atoms with Gasteiger partial charge in [0, 0.05) is 5.56 Å². The third-order valence-electron chi connectivity index (χ3n) is 6.17. The topological polar surface area (TPSA) is 75.8 Å². The lowest BCUT2D eigenvalue weighted by Crippen LogP contribution is -2.53. The van der Waals surface area contributed by atoms with Crippen molar-refractivity contribution in [3.63, 3.8) is 0 Å². The van der Waals surface area contributed by atoms with Crippen LogP contribution in [0.5, 0.6) is 5.75 Å². The first-order valence-electron chi connectivity index (χ1n) is 9.51. The first kappa shape index (κ1) is 17.2. The van der Waals surface area contributed by atoms with Crippen LogP contribution in [0.4, 0.5) is 4.79 Å². The average molecular weight is 354 g/mol. The van der Waals surface area contributed by atoms with Crippen LogP contribution in [0, 0.1) is 29.6 Å². The fourth-order valence-electron chi connectivity index (χ4n) is 5.48. The number of rotatable bonds is 3. The molecule has 1 atom stereocenters. The van der Waals surface area contributed by atoms with E-state index in [-0.39, 0.29) is 5.60 Å². The van der Waals surface area contributed by atoms with E-state index in [1.165, 1.54) is 38.5 Å². The molecule has 1 aromatic rings. The molecule has 5 heteroatoms. The summed E-state index contributed by atoms with van der Waals surface area (Å²) in [6.07, 6.45) is 7.73. The number of primary amides is 1. The third kappa shape index (κ3) is 3.39. The van der Waals surface area contributed by atoms with Gasteiger partial charge in [-0.05, 0) is 81.4 Å². The van der Waals surface area contributed by atoms with Crippen LogP contribution < -0.4 is 10.5 Å². The standard InChI is InChI=1S/C21H26N2O3/c1-14(23(25)20(22)24)5-6-15-3-2-4-19(10-15)26-21-11-16-7-17(12-21)9-18(8-16)13-21/h2-4,10,14,16-18,25H,7-9,11-13H2,1H3,(H2,22,24)/t14-,16?,17?,18?,21?/m1/s1. The molecular formula is C21H26N2O3. The number of urea groups is 1. The Bertz CT molecular complexity index is 729. The maximum atomic E-state index is 11.0. The number of nitrogens with two attached hydrogens (primary N) is 1. The van der Waals surface area contributed by atoms with E-state index in [9.17, 15) is 10.0 Å². The summed E-state index contributed by atoms with van der Waals surface area (Å²) in [5.41, 5.74) is 5.86. The van der Waals surface area contributed by atoms with Crippen LogP contribution in [0.25, 0.3) is 0 Å². The number of carbonyl (C=O) groups excluding carboxylic acids is 1. The van der Waals surface area contributed by atoms with Crippen molar-refractivity contribution in [2.75, 3.05) is 0 Å². The second kappa shape index (κ2) is 6.51. The number of benzene rings is 1. The molecule has 2 amide bonds. The lowest BCUT2D eigenvalue weighted by molar-refractivity contribution is -0.107. The van der Waals surface area contributed by atoms with Gasteiger partial charge in [-0.15, -0.1) is 0 Å². The number of nitrogens with zero attached hydrogens (tertiary/aromatic N) is 1. The van der Waals surface area contributed by atoms with E-state index >= 15 is 0 Å². The van der Waals surface area contributed by atoms with Gasteiger partial charge in [-0.3, -0.25) is 5.21 Å². The van der Waals surface area contributed by atoms with Crippen molar-refractivity contribution in [1.29, 1.82) is 0 Å². The van der Waals surface area contributed by atoms with Crippen molar-refractivity contribution in [2.24, 2.45) is 23.5 Å². The Morgan fingerprint density at radius 3 is 2.46 bits per heavy atom. The van der Waals surface area contributed by atoms with Crippen molar-refractivity contribution in [2.45, 2.75) is 57.1 Å². The summed E-state index contributed by atoms with van der Waals surface area (Å²) in [6, 6.07) is 6.21. The molecular weight excluding hydrogens is 328 g/mol. The van der Waals surface area contributed by atoms with Crippen molar-refractivity contribution in [1.82, 2.24) is 5.06 Å². The molecule has 5 nitrogen and oxygen atoms in total. The number of hydrogen-bond donors (Lipinski definition) is 2. The minimum atomic E-state index is -0.911. The Hall–Kier alpha value is -2.19. The molecule has 3 N–H and O–H groups in total. The van der Waals surface area contributed by atoms with Gasteiger partial charge < -0.3 is 10.5 Å². The maximum absolute atomic E-state index is 11.0. The molecule has 26 heavy (non-hydrogen) atoms. The summed E-state index contributed by atoms with van der Waals surface area (Å²) >= 11 is 0. The van der Waals surface area contributed by atoms with Gasteiger partial charge in [0.1, 0.15) is 17.4 Å². The van der Waals surface area contributed by atoms with Gasteiger partial charge in [-0.2, -0.15) is 5.06 Å². The van der Waals surface area contributed by atoms with Gasteiger partial charge in [0.25, 0.3) is 0 Å². The zero-order valence-corrected chi connectivity index (χ0v) is 15.1. The van der Waals surface area contributed by atoms with Gasteiger partial charge >= 0.3 is 6.03 Å². The van der Waals surface area contributed by atoms with Gasteiger partial charge in [0.05, 0.1) is 0 Å². The minimum absolute atomic E-state index is 0.0158. The second-order valence-corrected chi connectivity index (χ2v) is 8.36. The summed E-state index contributed by atoms with van der Waals surface area (Å²) < 4.78 is 6.55. The highest BCUT2D eigenvalue weighted by atomic mass is 16.5. The Labute approximate surface area is 154 Å². The van der Waals surface area contributed by atoms with E-state index in [4.69, 9.17) is 10.5 Å². The SMILES string of the molecule is C[C@H](C#Cc1cccc(OC23CC4CC(CC(C4)C2)C3)c1)N(O)C(N)=O. The molecule has 0 saturated heterocycles. The normalized spacial score (nSPS) is 32.5. The van der Waals surface area contributed by atoms with Crippen LogP contribution in [0.1, 0.15) is 51.0 Å². The van der Waals surface area contributed by atoms with Gasteiger partial charge in [0.2, 0.25) is 0 Å². The number of amides is 2. The number of hydrogen-bond acceptors (Lipinski definition) is 3. The largest absolute Gasteiger partial charge is 0.487 e. The van der Waals surface area contributed by atoms with Gasteiger partial charge in [-0.1, -0.05) is 17.9 Å². The molecule has 0 spiro atoms. The van der Waals surface area contributed by atoms with E-state index in [0.29, 0.717) is 5.06 Å². The molecule has 0 unspecified atom stereocenters. The molecule has 138 valence electrons. The van der Waals surface area contributed by atoms with Crippen LogP contribution in [0.3, 0.4) is 0 Å². The number of hydroxylamine groups is 2. The molecule has 1 aromatic carbocycles. The first-order valence-corrected chi connectivity index (χ1v) is 9.51. The van der Waals surface area contributed by atoms with Crippen LogP contribution in [-0.4, -0.2) is 27.9 Å². The monoisotopic (exact) mass is 354 g/mol. The zero-order chi connectivity index (χ0) is 18.3. The second-order valence-electron chi connectivity index (χ2n) is 8.36. The molecule has 4 aliphatic rings. The molecule has 0 heterocycles. The molecule has 0 radical (unpaired) electrons. The fraction of sp³-hybridized carbons (Fsp3) is 0.571. The number of ether oxygens (including phenoxy) is 1. The zero-order valence-electron chi connectivity index (χ0n) is 15.1. The lowest BCUT2D eigenvalue weighted by atomic mass is 9.54. The summed E-state index contributed by atoms with van der Waals surface area (Å²) in [5, 5.41) is 9.93. The van der Waals surface area contributed by atoms with E-state index in [1.54, 1.807) is 6.92 Å². The smallest absolute Gasteiger partial charge is 0.339 e. The lowest BCUT2D eigenvalue weighted by Gasteiger charge is -2.56. The van der Waals surface area contributed by atoms with Gasteiger partial charge in [0.15, 0.2) is 0 Å². The third-order valence-corrected chi connectivity index (χ3v) is 6.17. The molecule has 4 saturated carbocycles. The van der Waals surface area contributed by atoms with E-state index in [1.807, 2.05) is 24.3 Å². The Balaban J connectivity index is 1.48. The van der Waals surface area contributed by atoms with Crippen molar-refractivity contribution < 1.29 is 14.7 Å². The quantitative estimate of drug-likeness (QED) is 0.495. The molecule has 4 aliphatic carbocycles. The predicted molar refractivity (Wildman–Crippen MR) is 97.5 cm³/mol. The summed E-state index contributed by atoms with van der Waals surface area (Å²) in [6.45, 7) is 1.62. The summed E-state index contributed by atoms with van der Waals surface area (Å²) in [7, 11) is 0. The molecule has 4 fully saturated rings. The average Bonchev–Trinajstić information content (AvgIpc) is 2.57. The van der Waals surface area contributed by atoms with Crippen molar-refractivity contribution >= 4 is 6.03 Å². The van der Waals surface area contributed by atoms with E-state index < -0.39 is 12.1 Å². The molecule has 4 bridgehead atoms. The van der Waals surface area contributed by atoms with Crippen LogP contribution in [-0.2, 0) is 0 Å². The van der Waals surface area contributed by atoms with E-state index in [2.05, 4.69) is 11.8 Å². The highest BCUT2D eigenvalue weighted by Gasteiger charge is 2.52. The molecule has 0 aliphatic heterocycles. The Morgan fingerprint density at radius 1 is 1.27 bits per heavy atom. The Kier molecular flexibility index (Phi) is 4.32. The van der Waals surface area contributed by atoms with E-state index in [0.717, 1.165) is 29.1 Å². The fourth-order valence-corrected chi connectivity index (χ4v) is 5.48. The summed E-state index contributed by atoms with van der Waals surface area (Å²) in [5.74, 6) is 9.21.